The van der Waals surface area contributed by atoms with Crippen LogP contribution < -0.4 is 0 Å². The first kappa shape index (κ1) is 15.7. The molecule has 0 aliphatic rings. The van der Waals surface area contributed by atoms with Crippen LogP contribution in [0.3, 0.4) is 0 Å². The number of carbonyl (C=O) groups is 1. The van der Waals surface area contributed by atoms with E-state index in [1.54, 1.807) is 0 Å². The van der Waals surface area contributed by atoms with E-state index >= 15 is 0 Å². The van der Waals surface area contributed by atoms with E-state index in [1.165, 1.54) is 0 Å². The van der Waals surface area contributed by atoms with Crippen LogP contribution in [0.2, 0.25) is 0 Å². The van der Waals surface area contributed by atoms with Gasteiger partial charge >= 0.3 is 5.97 Å². The van der Waals surface area contributed by atoms with Gasteiger partial charge in [-0.2, -0.15) is 0 Å². The molecule has 0 N–H and O–H groups in total. The zero-order valence-corrected chi connectivity index (χ0v) is 14.3. The number of halogens is 2. The van der Waals surface area contributed by atoms with E-state index in [0.717, 1.165) is 10.0 Å². The van der Waals surface area contributed by atoms with Gasteiger partial charge in [0.2, 0.25) is 0 Å². The maximum absolute atomic E-state index is 12.3. The lowest BCUT2D eigenvalue weighted by molar-refractivity contribution is -0.158. The molecule has 1 aromatic carbocycles. The average Bonchev–Trinajstić information content (AvgIpc) is 2.26. The number of carbonyl (C=O) groups excluding carboxylic acids is 1. The van der Waals surface area contributed by atoms with Crippen molar-refractivity contribution in [3.63, 3.8) is 0 Å². The largest absolute Gasteiger partial charge is 0.459 e. The van der Waals surface area contributed by atoms with Crippen molar-refractivity contribution in [2.75, 3.05) is 0 Å². The van der Waals surface area contributed by atoms with Crippen LogP contribution >= 0.6 is 31.9 Å². The molecule has 0 amide bonds. The van der Waals surface area contributed by atoms with Gasteiger partial charge in [-0.15, -0.1) is 0 Å². The molecule has 4 heteroatoms. The average molecular weight is 378 g/mol. The van der Waals surface area contributed by atoms with Gasteiger partial charge in [0.15, 0.2) is 0 Å². The molecule has 100 valence electrons. The van der Waals surface area contributed by atoms with Crippen LogP contribution in [0.15, 0.2) is 28.7 Å². The molecule has 0 spiro atoms. The number of esters is 1. The summed E-state index contributed by atoms with van der Waals surface area (Å²) < 4.78 is 5.69. The van der Waals surface area contributed by atoms with E-state index in [4.69, 9.17) is 4.74 Å². The van der Waals surface area contributed by atoms with Gasteiger partial charge in [0, 0.05) is 4.47 Å². The van der Waals surface area contributed by atoms with Crippen molar-refractivity contribution in [3.05, 3.63) is 34.3 Å². The molecule has 1 unspecified atom stereocenters. The molecule has 2 nitrogen and oxygen atoms in total. The Balaban J connectivity index is 3.05. The molecule has 1 atom stereocenters. The SMILES string of the molecule is CCC(Br)(C(=O)OC(C)(C)C)c1ccc(Br)cc1. The minimum atomic E-state index is -0.777. The van der Waals surface area contributed by atoms with Crippen LogP contribution in [0, 0.1) is 0 Å². The normalized spacial score (nSPS) is 15.0. The zero-order valence-electron chi connectivity index (χ0n) is 11.1. The van der Waals surface area contributed by atoms with Gasteiger partial charge in [-0.3, -0.25) is 4.79 Å². The molecule has 0 aromatic heterocycles. The van der Waals surface area contributed by atoms with E-state index in [1.807, 2.05) is 52.0 Å². The van der Waals surface area contributed by atoms with Crippen molar-refractivity contribution in [1.82, 2.24) is 0 Å². The summed E-state index contributed by atoms with van der Waals surface area (Å²) in [5.74, 6) is -0.250. The summed E-state index contributed by atoms with van der Waals surface area (Å²) in [6.45, 7) is 7.57. The second-order valence-corrected chi connectivity index (χ2v) is 7.43. The third-order valence-electron chi connectivity index (χ3n) is 2.51. The number of hydrogen-bond donors (Lipinski definition) is 0. The standard InChI is InChI=1S/C14H18Br2O2/c1-5-14(16,12(17)18-13(2,3)4)10-6-8-11(15)9-7-10/h6-9H,5H2,1-4H3. The van der Waals surface area contributed by atoms with E-state index in [9.17, 15) is 4.79 Å². The van der Waals surface area contributed by atoms with Gasteiger partial charge in [-0.25, -0.2) is 0 Å². The monoisotopic (exact) mass is 376 g/mol. The number of alkyl halides is 1. The highest BCUT2D eigenvalue weighted by molar-refractivity contribution is 9.10. The molecular formula is C14H18Br2O2. The Kier molecular flexibility index (Phi) is 5.01. The number of hydrogen-bond acceptors (Lipinski definition) is 2. The van der Waals surface area contributed by atoms with Crippen molar-refractivity contribution in [2.24, 2.45) is 0 Å². The van der Waals surface area contributed by atoms with Crippen molar-refractivity contribution in [3.8, 4) is 0 Å². The molecule has 0 aliphatic carbocycles. The molecule has 18 heavy (non-hydrogen) atoms. The van der Waals surface area contributed by atoms with Crippen LogP contribution in [0.4, 0.5) is 0 Å². The third-order valence-corrected chi connectivity index (χ3v) is 4.38. The van der Waals surface area contributed by atoms with Crippen molar-refractivity contribution >= 4 is 37.8 Å². The van der Waals surface area contributed by atoms with Gasteiger partial charge in [0.1, 0.15) is 9.93 Å². The van der Waals surface area contributed by atoms with Crippen molar-refractivity contribution in [1.29, 1.82) is 0 Å². The maximum Gasteiger partial charge on any atom is 0.327 e. The van der Waals surface area contributed by atoms with Crippen LogP contribution in [0.25, 0.3) is 0 Å². The Bertz CT molecular complexity index is 420. The Morgan fingerprint density at radius 2 is 1.72 bits per heavy atom. The number of rotatable bonds is 3. The van der Waals surface area contributed by atoms with Gasteiger partial charge in [-0.05, 0) is 44.9 Å². The van der Waals surface area contributed by atoms with Crippen LogP contribution in [0.1, 0.15) is 39.7 Å². The topological polar surface area (TPSA) is 26.3 Å². The first-order valence-corrected chi connectivity index (χ1v) is 7.46. The molecule has 0 bridgehead atoms. The fourth-order valence-corrected chi connectivity index (χ4v) is 2.15. The highest BCUT2D eigenvalue weighted by atomic mass is 79.9. The number of ether oxygens (including phenoxy) is 1. The zero-order chi connectivity index (χ0) is 14.0. The molecule has 0 heterocycles. The van der Waals surface area contributed by atoms with Crippen molar-refractivity contribution < 1.29 is 9.53 Å². The number of benzene rings is 1. The smallest absolute Gasteiger partial charge is 0.327 e. The Hall–Kier alpha value is -0.350. The Labute approximate surface area is 125 Å². The lowest BCUT2D eigenvalue weighted by Gasteiger charge is -2.29. The minimum absolute atomic E-state index is 0.250. The highest BCUT2D eigenvalue weighted by Crippen LogP contribution is 2.37. The lowest BCUT2D eigenvalue weighted by Crippen LogP contribution is -2.36. The lowest BCUT2D eigenvalue weighted by atomic mass is 9.96. The molecule has 1 aromatic rings. The first-order valence-electron chi connectivity index (χ1n) is 5.87. The molecule has 0 fully saturated rings. The second kappa shape index (κ2) is 5.74. The molecule has 0 radical (unpaired) electrons. The van der Waals surface area contributed by atoms with Gasteiger partial charge in [0.25, 0.3) is 0 Å². The van der Waals surface area contributed by atoms with Crippen LogP contribution in [-0.4, -0.2) is 11.6 Å². The molecule has 0 saturated heterocycles. The van der Waals surface area contributed by atoms with Gasteiger partial charge < -0.3 is 4.74 Å². The fourth-order valence-electron chi connectivity index (χ4n) is 1.54. The van der Waals surface area contributed by atoms with E-state index in [0.29, 0.717) is 6.42 Å². The summed E-state index contributed by atoms with van der Waals surface area (Å²) in [7, 11) is 0. The summed E-state index contributed by atoms with van der Waals surface area (Å²) in [6, 6.07) is 7.69. The molecule has 1 rings (SSSR count). The fraction of sp³-hybridized carbons (Fsp3) is 0.500. The van der Waals surface area contributed by atoms with E-state index < -0.39 is 9.93 Å². The van der Waals surface area contributed by atoms with Gasteiger partial charge in [0.05, 0.1) is 0 Å². The Morgan fingerprint density at radius 1 is 1.22 bits per heavy atom. The van der Waals surface area contributed by atoms with Crippen LogP contribution in [0.5, 0.6) is 0 Å². The summed E-state index contributed by atoms with van der Waals surface area (Å²) >= 11 is 6.93. The predicted molar refractivity (Wildman–Crippen MR) is 80.9 cm³/mol. The molecule has 0 saturated carbocycles. The summed E-state index contributed by atoms with van der Waals surface area (Å²) in [4.78, 5) is 12.3. The maximum atomic E-state index is 12.3. The third kappa shape index (κ3) is 3.82. The Morgan fingerprint density at radius 3 is 2.11 bits per heavy atom. The van der Waals surface area contributed by atoms with Crippen molar-refractivity contribution in [2.45, 2.75) is 44.0 Å². The van der Waals surface area contributed by atoms with E-state index in [2.05, 4.69) is 31.9 Å². The molecule has 0 aliphatic heterocycles. The van der Waals surface area contributed by atoms with E-state index in [-0.39, 0.29) is 5.97 Å². The van der Waals surface area contributed by atoms with Crippen LogP contribution in [-0.2, 0) is 13.9 Å². The quantitative estimate of drug-likeness (QED) is 0.559. The summed E-state index contributed by atoms with van der Waals surface area (Å²) in [5.41, 5.74) is 0.420. The summed E-state index contributed by atoms with van der Waals surface area (Å²) in [6.07, 6.45) is 0.629. The van der Waals surface area contributed by atoms with Gasteiger partial charge in [-0.1, -0.05) is 50.9 Å². The highest BCUT2D eigenvalue weighted by Gasteiger charge is 2.39. The minimum Gasteiger partial charge on any atom is -0.459 e. The first-order chi connectivity index (χ1) is 8.19. The summed E-state index contributed by atoms with van der Waals surface area (Å²) in [5, 5.41) is 0. The second-order valence-electron chi connectivity index (χ2n) is 5.16. The molecular weight excluding hydrogens is 360 g/mol. The predicted octanol–water partition coefficient (Wildman–Crippen LogP) is 4.79.